The third-order valence-corrected chi connectivity index (χ3v) is 4.61. The van der Waals surface area contributed by atoms with Crippen molar-refractivity contribution in [2.24, 2.45) is 7.05 Å². The molecule has 1 aliphatic rings. The molecule has 0 fully saturated rings. The Morgan fingerprint density at radius 2 is 2.10 bits per heavy atom. The van der Waals surface area contributed by atoms with Crippen LogP contribution in [0.15, 0.2) is 35.7 Å². The minimum Gasteiger partial charge on any atom is -0.339 e. The van der Waals surface area contributed by atoms with E-state index in [1.54, 1.807) is 11.6 Å². The summed E-state index contributed by atoms with van der Waals surface area (Å²) in [6, 6.07) is 6.03. The number of fused-ring (bicyclic) bond motifs is 1. The summed E-state index contributed by atoms with van der Waals surface area (Å²) >= 11 is 0. The standard InChI is InChI=1S/C13H16N4O2S.ClH/c1-17-8-13(15-9-17)20(18,19)16-5-10-2-3-11-6-14-7-12(11)4-10;/h2-4,8-9,14,16H,5-7H2,1H3;1H. The summed E-state index contributed by atoms with van der Waals surface area (Å²) in [5.74, 6) is 0. The third-order valence-electron chi connectivity index (χ3n) is 3.32. The minimum atomic E-state index is -3.55. The molecule has 0 saturated heterocycles. The molecular weight excluding hydrogens is 312 g/mol. The topological polar surface area (TPSA) is 76.0 Å². The highest BCUT2D eigenvalue weighted by Gasteiger charge is 2.17. The molecule has 1 aromatic heterocycles. The Morgan fingerprint density at radius 1 is 1.33 bits per heavy atom. The van der Waals surface area contributed by atoms with Gasteiger partial charge in [0.05, 0.1) is 6.33 Å². The predicted molar refractivity (Wildman–Crippen MR) is 81.5 cm³/mol. The smallest absolute Gasteiger partial charge is 0.259 e. The van der Waals surface area contributed by atoms with Crippen LogP contribution in [0.4, 0.5) is 0 Å². The molecule has 2 N–H and O–H groups in total. The van der Waals surface area contributed by atoms with Crippen molar-refractivity contribution in [3.63, 3.8) is 0 Å². The summed E-state index contributed by atoms with van der Waals surface area (Å²) in [5.41, 5.74) is 3.47. The average molecular weight is 329 g/mol. The Balaban J connectivity index is 0.00000161. The van der Waals surface area contributed by atoms with Crippen molar-refractivity contribution in [3.05, 3.63) is 47.4 Å². The first-order valence-corrected chi connectivity index (χ1v) is 7.82. The Morgan fingerprint density at radius 3 is 2.81 bits per heavy atom. The normalized spacial score (nSPS) is 13.8. The number of rotatable bonds is 4. The maximum absolute atomic E-state index is 12.1. The molecule has 0 atom stereocenters. The van der Waals surface area contributed by atoms with E-state index < -0.39 is 10.0 Å². The number of aryl methyl sites for hydroxylation is 1. The summed E-state index contributed by atoms with van der Waals surface area (Å²) in [6.07, 6.45) is 2.95. The number of sulfonamides is 1. The molecular formula is C13H17ClN4O2S. The second kappa shape index (κ2) is 6.15. The van der Waals surface area contributed by atoms with E-state index in [0.29, 0.717) is 0 Å². The summed E-state index contributed by atoms with van der Waals surface area (Å²) in [5, 5.41) is 3.31. The molecule has 0 unspecified atom stereocenters. The molecule has 3 rings (SSSR count). The molecule has 0 aliphatic carbocycles. The van der Waals surface area contributed by atoms with Crippen LogP contribution in [-0.4, -0.2) is 18.0 Å². The van der Waals surface area contributed by atoms with Crippen LogP contribution >= 0.6 is 12.4 Å². The molecule has 6 nitrogen and oxygen atoms in total. The zero-order valence-corrected chi connectivity index (χ0v) is 13.2. The van der Waals surface area contributed by atoms with Gasteiger partial charge in [-0.2, -0.15) is 0 Å². The molecule has 0 radical (unpaired) electrons. The fraction of sp³-hybridized carbons (Fsp3) is 0.308. The number of nitrogens with one attached hydrogen (secondary N) is 2. The lowest BCUT2D eigenvalue weighted by Crippen LogP contribution is -2.23. The number of halogens is 1. The van der Waals surface area contributed by atoms with Gasteiger partial charge in [0.1, 0.15) is 0 Å². The lowest BCUT2D eigenvalue weighted by molar-refractivity contribution is 0.578. The van der Waals surface area contributed by atoms with Crippen molar-refractivity contribution in [3.8, 4) is 0 Å². The van der Waals surface area contributed by atoms with Crippen LogP contribution in [0.1, 0.15) is 16.7 Å². The van der Waals surface area contributed by atoms with Crippen molar-refractivity contribution in [2.45, 2.75) is 24.7 Å². The number of hydrogen-bond donors (Lipinski definition) is 2. The van der Waals surface area contributed by atoms with Crippen molar-refractivity contribution >= 4 is 22.4 Å². The summed E-state index contributed by atoms with van der Waals surface area (Å²) in [7, 11) is -1.81. The Labute approximate surface area is 130 Å². The van der Waals surface area contributed by atoms with Crippen LogP contribution in [0.2, 0.25) is 0 Å². The lowest BCUT2D eigenvalue weighted by Gasteiger charge is -2.06. The molecule has 8 heteroatoms. The first-order chi connectivity index (χ1) is 9.54. The monoisotopic (exact) mass is 328 g/mol. The number of hydrogen-bond acceptors (Lipinski definition) is 4. The van der Waals surface area contributed by atoms with Crippen LogP contribution in [-0.2, 0) is 36.7 Å². The van der Waals surface area contributed by atoms with Crippen molar-refractivity contribution in [1.82, 2.24) is 19.6 Å². The molecule has 2 heterocycles. The Bertz CT molecular complexity index is 742. The van der Waals surface area contributed by atoms with Crippen LogP contribution in [0.5, 0.6) is 0 Å². The number of aromatic nitrogens is 2. The Hall–Kier alpha value is -1.41. The Kier molecular flexibility index (Phi) is 4.67. The second-order valence-electron chi connectivity index (χ2n) is 4.91. The van der Waals surface area contributed by atoms with E-state index in [2.05, 4.69) is 15.0 Å². The first kappa shape index (κ1) is 16.0. The summed E-state index contributed by atoms with van der Waals surface area (Å²) in [6.45, 7) is 2.00. The van der Waals surface area contributed by atoms with Gasteiger partial charge in [-0.3, -0.25) is 0 Å². The molecule has 2 aromatic rings. The summed E-state index contributed by atoms with van der Waals surface area (Å²) in [4.78, 5) is 3.86. The molecule has 0 spiro atoms. The van der Waals surface area contributed by atoms with Gasteiger partial charge in [-0.25, -0.2) is 18.1 Å². The number of imidazole rings is 1. The second-order valence-corrected chi connectivity index (χ2v) is 6.62. The predicted octanol–water partition coefficient (Wildman–Crippen LogP) is 0.924. The lowest BCUT2D eigenvalue weighted by atomic mass is 10.1. The van der Waals surface area contributed by atoms with Gasteiger partial charge in [0.2, 0.25) is 0 Å². The average Bonchev–Trinajstić information content (AvgIpc) is 3.04. The van der Waals surface area contributed by atoms with Gasteiger partial charge in [0, 0.05) is 32.9 Å². The van der Waals surface area contributed by atoms with E-state index in [0.717, 1.165) is 18.7 Å². The molecule has 114 valence electrons. The van der Waals surface area contributed by atoms with Crippen LogP contribution in [0, 0.1) is 0 Å². The fourth-order valence-electron chi connectivity index (χ4n) is 2.24. The van der Waals surface area contributed by atoms with Crippen LogP contribution in [0.3, 0.4) is 0 Å². The van der Waals surface area contributed by atoms with E-state index >= 15 is 0 Å². The van der Waals surface area contributed by atoms with Crippen LogP contribution < -0.4 is 10.0 Å². The van der Waals surface area contributed by atoms with Gasteiger partial charge >= 0.3 is 0 Å². The molecule has 0 saturated carbocycles. The van der Waals surface area contributed by atoms with Crippen molar-refractivity contribution in [1.29, 1.82) is 0 Å². The van der Waals surface area contributed by atoms with E-state index in [-0.39, 0.29) is 24.0 Å². The largest absolute Gasteiger partial charge is 0.339 e. The van der Waals surface area contributed by atoms with E-state index in [1.807, 2.05) is 18.2 Å². The first-order valence-electron chi connectivity index (χ1n) is 6.34. The van der Waals surface area contributed by atoms with E-state index in [4.69, 9.17) is 0 Å². The molecule has 1 aliphatic heterocycles. The van der Waals surface area contributed by atoms with Crippen molar-refractivity contribution < 1.29 is 8.42 Å². The van der Waals surface area contributed by atoms with E-state index in [9.17, 15) is 8.42 Å². The molecule has 0 amide bonds. The third kappa shape index (κ3) is 3.44. The fourth-order valence-corrected chi connectivity index (χ4v) is 3.23. The highest BCUT2D eigenvalue weighted by molar-refractivity contribution is 7.89. The van der Waals surface area contributed by atoms with Gasteiger partial charge < -0.3 is 9.88 Å². The summed E-state index contributed by atoms with van der Waals surface area (Å²) < 4.78 is 28.3. The van der Waals surface area contributed by atoms with Gasteiger partial charge in [-0.1, -0.05) is 18.2 Å². The number of nitrogens with zero attached hydrogens (tertiary/aromatic N) is 2. The maximum Gasteiger partial charge on any atom is 0.259 e. The van der Waals surface area contributed by atoms with Gasteiger partial charge in [0.25, 0.3) is 10.0 Å². The molecule has 0 bridgehead atoms. The van der Waals surface area contributed by atoms with Crippen molar-refractivity contribution in [2.75, 3.05) is 0 Å². The zero-order valence-electron chi connectivity index (χ0n) is 11.5. The van der Waals surface area contributed by atoms with Crippen LogP contribution in [0.25, 0.3) is 0 Å². The molecule has 1 aromatic carbocycles. The quantitative estimate of drug-likeness (QED) is 0.875. The highest BCUT2D eigenvalue weighted by Crippen LogP contribution is 2.17. The highest BCUT2D eigenvalue weighted by atomic mass is 35.5. The van der Waals surface area contributed by atoms with Gasteiger partial charge in [0.15, 0.2) is 5.03 Å². The maximum atomic E-state index is 12.1. The van der Waals surface area contributed by atoms with E-state index in [1.165, 1.54) is 23.7 Å². The zero-order chi connectivity index (χ0) is 14.2. The van der Waals surface area contributed by atoms with Gasteiger partial charge in [-0.05, 0) is 16.7 Å². The number of benzene rings is 1. The van der Waals surface area contributed by atoms with Gasteiger partial charge in [-0.15, -0.1) is 12.4 Å². The molecule has 21 heavy (non-hydrogen) atoms. The minimum absolute atomic E-state index is 0. The SMILES string of the molecule is Cl.Cn1cnc(S(=O)(=O)NCc2ccc3c(c2)CNC3)c1.